The van der Waals surface area contributed by atoms with Crippen molar-refractivity contribution in [2.45, 2.75) is 26.4 Å². The third-order valence-corrected chi connectivity index (χ3v) is 2.15. The first-order valence-corrected chi connectivity index (χ1v) is 5.72. The molecule has 0 spiro atoms. The molecule has 0 unspecified atom stereocenters. The van der Waals surface area contributed by atoms with E-state index >= 15 is 0 Å². The zero-order valence-electron chi connectivity index (χ0n) is 10.3. The van der Waals surface area contributed by atoms with E-state index in [9.17, 15) is 4.79 Å². The van der Waals surface area contributed by atoms with Crippen molar-refractivity contribution in [2.24, 2.45) is 0 Å². The number of aromatic nitrogens is 3. The normalized spacial score (nSPS) is 11.6. The summed E-state index contributed by atoms with van der Waals surface area (Å²) in [5.74, 6) is 0.266. The Morgan fingerprint density at radius 1 is 1.50 bits per heavy atom. The van der Waals surface area contributed by atoms with Gasteiger partial charge in [0.2, 0.25) is 0 Å². The Morgan fingerprint density at radius 2 is 2.22 bits per heavy atom. The molecule has 18 heavy (non-hydrogen) atoms. The average Bonchev–Trinajstić information content (AvgIpc) is 2.61. The van der Waals surface area contributed by atoms with E-state index in [1.54, 1.807) is 43.8 Å². The molecule has 2 heterocycles. The minimum atomic E-state index is -0.595. The number of hydrogen-bond donors (Lipinski definition) is 1. The summed E-state index contributed by atoms with van der Waals surface area (Å²) in [7, 11) is 0. The molecule has 2 aromatic rings. The van der Waals surface area contributed by atoms with Gasteiger partial charge < -0.3 is 9.14 Å². The third-order valence-electron chi connectivity index (χ3n) is 1.96. The zero-order chi connectivity index (χ0) is 13.3. The monoisotopic (exact) mass is 268 g/mol. The summed E-state index contributed by atoms with van der Waals surface area (Å²) >= 11 is 5.85. The number of carbonyl (C=O) groups excluding carboxylic acids is 1. The van der Waals surface area contributed by atoms with Gasteiger partial charge in [-0.2, -0.15) is 0 Å². The smallest absolute Gasteiger partial charge is 0.413 e. The van der Waals surface area contributed by atoms with Gasteiger partial charge in [-0.25, -0.2) is 14.8 Å². The highest BCUT2D eigenvalue weighted by Crippen LogP contribution is 2.17. The number of nitrogens with one attached hydrogen (secondary N) is 1. The molecule has 0 aliphatic carbocycles. The van der Waals surface area contributed by atoms with Crippen molar-refractivity contribution in [1.82, 2.24) is 14.4 Å². The van der Waals surface area contributed by atoms with Gasteiger partial charge in [-0.1, -0.05) is 11.6 Å². The summed E-state index contributed by atoms with van der Waals surface area (Å²) < 4.78 is 6.81. The molecule has 1 N–H and O–H groups in total. The van der Waals surface area contributed by atoms with Crippen LogP contribution in [0, 0.1) is 0 Å². The van der Waals surface area contributed by atoms with Crippen molar-refractivity contribution in [3.8, 4) is 0 Å². The predicted octanol–water partition coefficient (Wildman–Crippen LogP) is 2.73. The van der Waals surface area contributed by atoms with Crippen LogP contribution in [-0.2, 0) is 4.74 Å². The first-order chi connectivity index (χ1) is 8.35. The molecule has 7 heteroatoms. The number of halogens is 1. The first-order valence-electron chi connectivity index (χ1n) is 5.34. The quantitative estimate of drug-likeness (QED) is 0.863. The van der Waals surface area contributed by atoms with Gasteiger partial charge in [-0.05, 0) is 20.8 Å². The fraction of sp³-hybridized carbons (Fsp3) is 0.364. The van der Waals surface area contributed by atoms with Crippen molar-refractivity contribution < 1.29 is 9.53 Å². The summed E-state index contributed by atoms with van der Waals surface area (Å²) in [6.45, 7) is 5.34. The molecule has 0 fully saturated rings. The molecular weight excluding hydrogens is 256 g/mol. The topological polar surface area (TPSA) is 68.5 Å². The minimum absolute atomic E-state index is 0.256. The number of ether oxygens (including phenoxy) is 1. The van der Waals surface area contributed by atoms with Gasteiger partial charge in [-0.15, -0.1) is 0 Å². The maximum absolute atomic E-state index is 11.7. The van der Waals surface area contributed by atoms with E-state index in [1.807, 2.05) is 0 Å². The van der Waals surface area contributed by atoms with Crippen LogP contribution >= 0.6 is 11.6 Å². The van der Waals surface area contributed by atoms with E-state index in [4.69, 9.17) is 16.3 Å². The molecule has 0 aliphatic rings. The lowest BCUT2D eigenvalue weighted by molar-refractivity contribution is 0.0635. The first kappa shape index (κ1) is 12.6. The molecule has 2 aromatic heterocycles. The molecule has 0 saturated carbocycles. The molecule has 0 saturated heterocycles. The number of imidazole rings is 1. The standard InChI is InChI=1S/C11H13ClN4O2/c1-11(2,3)18-10(17)15-8-9-13-4-5-16(9)6-7(12)14-8/h4-6H,1-3H3,(H,14,15,17). The Morgan fingerprint density at radius 3 is 2.89 bits per heavy atom. The average molecular weight is 269 g/mol. The highest BCUT2D eigenvalue weighted by Gasteiger charge is 2.18. The van der Waals surface area contributed by atoms with Gasteiger partial charge in [0.15, 0.2) is 11.5 Å². The Hall–Kier alpha value is -1.82. The zero-order valence-corrected chi connectivity index (χ0v) is 11.0. The molecule has 0 aromatic carbocycles. The lowest BCUT2D eigenvalue weighted by atomic mass is 10.2. The number of fused-ring (bicyclic) bond motifs is 1. The number of amides is 1. The minimum Gasteiger partial charge on any atom is -0.444 e. The highest BCUT2D eigenvalue weighted by molar-refractivity contribution is 6.29. The summed E-state index contributed by atoms with van der Waals surface area (Å²) in [5, 5.41) is 2.78. The van der Waals surface area contributed by atoms with Crippen LogP contribution in [0.3, 0.4) is 0 Å². The van der Waals surface area contributed by atoms with E-state index in [2.05, 4.69) is 15.3 Å². The maximum atomic E-state index is 11.7. The van der Waals surface area contributed by atoms with Crippen LogP contribution in [0.25, 0.3) is 5.65 Å². The van der Waals surface area contributed by atoms with Crippen LogP contribution in [-0.4, -0.2) is 26.1 Å². The molecule has 0 radical (unpaired) electrons. The SMILES string of the molecule is CC(C)(C)OC(=O)Nc1nc(Cl)cn2ccnc12. The Kier molecular flexibility index (Phi) is 3.13. The second-order valence-electron chi connectivity index (χ2n) is 4.70. The highest BCUT2D eigenvalue weighted by atomic mass is 35.5. The molecule has 1 amide bonds. The van der Waals surface area contributed by atoms with E-state index < -0.39 is 11.7 Å². The largest absolute Gasteiger partial charge is 0.444 e. The summed E-state index contributed by atoms with van der Waals surface area (Å²) in [6, 6.07) is 0. The van der Waals surface area contributed by atoms with Crippen LogP contribution in [0.15, 0.2) is 18.6 Å². The van der Waals surface area contributed by atoms with Gasteiger partial charge in [0, 0.05) is 18.6 Å². The van der Waals surface area contributed by atoms with Crippen molar-refractivity contribution in [1.29, 1.82) is 0 Å². The Bertz CT molecular complexity index is 588. The van der Waals surface area contributed by atoms with Crippen molar-refractivity contribution in [3.63, 3.8) is 0 Å². The van der Waals surface area contributed by atoms with E-state index in [1.165, 1.54) is 0 Å². The molecule has 0 aliphatic heterocycles. The lowest BCUT2D eigenvalue weighted by Gasteiger charge is -2.19. The molecule has 96 valence electrons. The predicted molar refractivity (Wildman–Crippen MR) is 67.9 cm³/mol. The van der Waals surface area contributed by atoms with E-state index in [-0.39, 0.29) is 11.0 Å². The van der Waals surface area contributed by atoms with Gasteiger partial charge in [0.05, 0.1) is 0 Å². The second kappa shape index (κ2) is 4.45. The number of nitrogens with zero attached hydrogens (tertiary/aromatic N) is 3. The number of carbonyl (C=O) groups is 1. The summed E-state index contributed by atoms with van der Waals surface area (Å²) in [6.07, 6.45) is 4.31. The van der Waals surface area contributed by atoms with Crippen LogP contribution in [0.4, 0.5) is 10.6 Å². The van der Waals surface area contributed by atoms with E-state index in [0.29, 0.717) is 5.65 Å². The number of hydrogen-bond acceptors (Lipinski definition) is 4. The third kappa shape index (κ3) is 2.89. The lowest BCUT2D eigenvalue weighted by Crippen LogP contribution is -2.27. The maximum Gasteiger partial charge on any atom is 0.413 e. The van der Waals surface area contributed by atoms with Crippen molar-refractivity contribution in [3.05, 3.63) is 23.7 Å². The number of rotatable bonds is 1. The summed E-state index contributed by atoms with van der Waals surface area (Å²) in [4.78, 5) is 19.7. The van der Waals surface area contributed by atoms with Crippen LogP contribution in [0.2, 0.25) is 5.15 Å². The van der Waals surface area contributed by atoms with Crippen LogP contribution < -0.4 is 5.32 Å². The van der Waals surface area contributed by atoms with Gasteiger partial charge in [0.25, 0.3) is 0 Å². The molecule has 2 rings (SSSR count). The van der Waals surface area contributed by atoms with Gasteiger partial charge in [0.1, 0.15) is 10.8 Å². The fourth-order valence-electron chi connectivity index (χ4n) is 1.39. The van der Waals surface area contributed by atoms with Crippen LogP contribution in [0.5, 0.6) is 0 Å². The Balaban J connectivity index is 2.26. The summed E-state index contributed by atoms with van der Waals surface area (Å²) in [5.41, 5.74) is -0.0702. The number of anilines is 1. The van der Waals surface area contributed by atoms with Gasteiger partial charge in [-0.3, -0.25) is 5.32 Å². The Labute approximate surface area is 109 Å². The van der Waals surface area contributed by atoms with Crippen molar-refractivity contribution >= 4 is 29.2 Å². The van der Waals surface area contributed by atoms with Crippen molar-refractivity contribution in [2.75, 3.05) is 5.32 Å². The van der Waals surface area contributed by atoms with Gasteiger partial charge >= 0.3 is 6.09 Å². The molecule has 0 atom stereocenters. The molecule has 6 nitrogen and oxygen atoms in total. The fourth-order valence-corrected chi connectivity index (χ4v) is 1.57. The van der Waals surface area contributed by atoms with E-state index in [0.717, 1.165) is 0 Å². The molecule has 0 bridgehead atoms. The molecular formula is C11H13ClN4O2. The second-order valence-corrected chi connectivity index (χ2v) is 5.08. The van der Waals surface area contributed by atoms with Crippen LogP contribution in [0.1, 0.15) is 20.8 Å².